The molecule has 0 saturated heterocycles. The van der Waals surface area contributed by atoms with Crippen LogP contribution in [0.2, 0.25) is 0 Å². The third kappa shape index (κ3) is 14.8. The highest BCUT2D eigenvalue weighted by molar-refractivity contribution is 5.87. The Balaban J connectivity index is 3.49. The maximum atomic E-state index is 11.6. The van der Waals surface area contributed by atoms with Crippen molar-refractivity contribution in [2.75, 3.05) is 13.1 Å². The van der Waals surface area contributed by atoms with Crippen LogP contribution in [0.1, 0.15) is 92.9 Å². The van der Waals surface area contributed by atoms with Crippen LogP contribution in [-0.2, 0) is 19.1 Å². The van der Waals surface area contributed by atoms with Gasteiger partial charge in [0.2, 0.25) is 0 Å². The van der Waals surface area contributed by atoms with E-state index in [4.69, 9.17) is 9.47 Å². The van der Waals surface area contributed by atoms with Crippen LogP contribution < -0.4 is 10.6 Å². The van der Waals surface area contributed by atoms with Gasteiger partial charge in [-0.15, -0.1) is 0 Å². The Labute approximate surface area is 180 Å². The molecule has 2 N–H and O–H groups in total. The molecule has 0 saturated carbocycles. The molecule has 174 valence electrons. The Morgan fingerprint density at radius 3 is 1.07 bits per heavy atom. The fourth-order valence-electron chi connectivity index (χ4n) is 2.24. The number of hydrogen-bond donors (Lipinski definition) is 2. The maximum absolute atomic E-state index is 11.6. The van der Waals surface area contributed by atoms with E-state index in [9.17, 15) is 19.2 Å². The molecular weight excluding hydrogens is 388 g/mol. The minimum Gasteiger partial charge on any atom is -0.376 e. The molecule has 0 unspecified atom stereocenters. The van der Waals surface area contributed by atoms with E-state index >= 15 is 0 Å². The number of nitrogens with one attached hydrogen (secondary N) is 2. The first-order valence-electron chi connectivity index (χ1n) is 10.8. The standard InChI is InChI=1S/C22H40N2O6/c1-21(2,3)17(25)29-19(27)23-15-13-11-9-7-8-10-12-14-16-24-20(28)30-18(26)22(4,5)6/h7-16H2,1-6H3,(H,23,27)(H,24,28). The van der Waals surface area contributed by atoms with Gasteiger partial charge in [0, 0.05) is 13.1 Å². The van der Waals surface area contributed by atoms with Gasteiger partial charge in [0.15, 0.2) is 0 Å². The van der Waals surface area contributed by atoms with E-state index in [1.165, 1.54) is 0 Å². The number of unbranched alkanes of at least 4 members (excludes halogenated alkanes) is 7. The number of carbonyl (C=O) groups excluding carboxylic acids is 4. The molecule has 0 rings (SSSR count). The summed E-state index contributed by atoms with van der Waals surface area (Å²) in [6.45, 7) is 11.2. The fourth-order valence-corrected chi connectivity index (χ4v) is 2.24. The van der Waals surface area contributed by atoms with Crippen LogP contribution in [0.5, 0.6) is 0 Å². The number of carbonyl (C=O) groups is 4. The molecule has 0 bridgehead atoms. The lowest BCUT2D eigenvalue weighted by atomic mass is 9.97. The van der Waals surface area contributed by atoms with E-state index in [2.05, 4.69) is 10.6 Å². The average molecular weight is 429 g/mol. The SMILES string of the molecule is CC(C)(C)C(=O)OC(=O)NCCCCCCCCCCNC(=O)OC(=O)C(C)(C)C. The summed E-state index contributed by atoms with van der Waals surface area (Å²) in [5.74, 6) is -1.07. The van der Waals surface area contributed by atoms with Gasteiger partial charge in [0.1, 0.15) is 0 Å². The summed E-state index contributed by atoms with van der Waals surface area (Å²) in [6.07, 6.45) is 6.71. The highest BCUT2D eigenvalue weighted by Crippen LogP contribution is 2.16. The lowest BCUT2D eigenvalue weighted by molar-refractivity contribution is -0.147. The summed E-state index contributed by atoms with van der Waals surface area (Å²) in [4.78, 5) is 46.1. The number of esters is 2. The summed E-state index contributed by atoms with van der Waals surface area (Å²) in [5.41, 5.74) is -1.38. The van der Waals surface area contributed by atoms with Crippen LogP contribution >= 0.6 is 0 Å². The van der Waals surface area contributed by atoms with Crippen LogP contribution in [-0.4, -0.2) is 37.2 Å². The Kier molecular flexibility index (Phi) is 13.0. The van der Waals surface area contributed by atoms with Crippen molar-refractivity contribution >= 4 is 24.1 Å². The van der Waals surface area contributed by atoms with Crippen molar-refractivity contribution < 1.29 is 28.7 Å². The van der Waals surface area contributed by atoms with Crippen molar-refractivity contribution in [1.29, 1.82) is 0 Å². The van der Waals surface area contributed by atoms with Crippen molar-refractivity contribution in [3.63, 3.8) is 0 Å². The molecule has 0 aromatic heterocycles. The summed E-state index contributed by atoms with van der Waals surface area (Å²) in [5, 5.41) is 5.18. The largest absolute Gasteiger partial charge is 0.414 e. The van der Waals surface area contributed by atoms with Gasteiger partial charge in [-0.25, -0.2) is 9.59 Å². The van der Waals surface area contributed by atoms with E-state index in [0.717, 1.165) is 51.4 Å². The van der Waals surface area contributed by atoms with E-state index in [1.807, 2.05) is 0 Å². The molecule has 2 amide bonds. The number of alkyl carbamates (subject to hydrolysis) is 2. The number of hydrogen-bond acceptors (Lipinski definition) is 6. The molecular formula is C22H40N2O6. The van der Waals surface area contributed by atoms with E-state index < -0.39 is 35.0 Å². The zero-order valence-corrected chi connectivity index (χ0v) is 19.5. The minimum absolute atomic E-state index is 0.496. The Hall–Kier alpha value is -2.12. The monoisotopic (exact) mass is 428 g/mol. The zero-order valence-electron chi connectivity index (χ0n) is 19.5. The first kappa shape index (κ1) is 27.9. The fraction of sp³-hybridized carbons (Fsp3) is 0.818. The molecule has 0 aliphatic rings. The average Bonchev–Trinajstić information content (AvgIpc) is 2.60. The second-order valence-corrected chi connectivity index (χ2v) is 9.54. The third-order valence-electron chi connectivity index (χ3n) is 4.24. The normalized spacial score (nSPS) is 11.5. The Morgan fingerprint density at radius 2 is 0.800 bits per heavy atom. The van der Waals surface area contributed by atoms with Gasteiger partial charge in [-0.1, -0.05) is 38.5 Å². The minimum atomic E-state index is -0.692. The Bertz CT molecular complexity index is 511. The molecule has 0 aliphatic heterocycles. The smallest absolute Gasteiger partial charge is 0.376 e. The lowest BCUT2D eigenvalue weighted by Gasteiger charge is -2.15. The molecule has 0 aromatic carbocycles. The second-order valence-electron chi connectivity index (χ2n) is 9.54. The van der Waals surface area contributed by atoms with Crippen molar-refractivity contribution in [3.8, 4) is 0 Å². The molecule has 0 aliphatic carbocycles. The van der Waals surface area contributed by atoms with E-state index in [0.29, 0.717) is 13.1 Å². The maximum Gasteiger partial charge on any atom is 0.414 e. The Morgan fingerprint density at radius 1 is 0.533 bits per heavy atom. The van der Waals surface area contributed by atoms with Crippen molar-refractivity contribution in [1.82, 2.24) is 10.6 Å². The van der Waals surface area contributed by atoms with Crippen LogP contribution in [0, 0.1) is 10.8 Å². The second kappa shape index (κ2) is 14.0. The number of rotatable bonds is 11. The van der Waals surface area contributed by atoms with E-state index in [1.54, 1.807) is 41.5 Å². The molecule has 8 heteroatoms. The predicted octanol–water partition coefficient (Wildman–Crippen LogP) is 4.71. The number of amides is 2. The molecule has 0 spiro atoms. The summed E-state index contributed by atoms with van der Waals surface area (Å²) >= 11 is 0. The lowest BCUT2D eigenvalue weighted by Crippen LogP contribution is -2.32. The highest BCUT2D eigenvalue weighted by atomic mass is 16.6. The highest BCUT2D eigenvalue weighted by Gasteiger charge is 2.26. The van der Waals surface area contributed by atoms with Crippen molar-refractivity contribution in [2.24, 2.45) is 10.8 Å². The van der Waals surface area contributed by atoms with Crippen LogP contribution in [0.3, 0.4) is 0 Å². The zero-order chi connectivity index (χ0) is 23.2. The van der Waals surface area contributed by atoms with Crippen molar-refractivity contribution in [3.05, 3.63) is 0 Å². The predicted molar refractivity (Wildman–Crippen MR) is 115 cm³/mol. The van der Waals surface area contributed by atoms with Gasteiger partial charge in [-0.05, 0) is 54.4 Å². The topological polar surface area (TPSA) is 111 Å². The molecule has 0 radical (unpaired) electrons. The third-order valence-corrected chi connectivity index (χ3v) is 4.24. The first-order chi connectivity index (χ1) is 13.8. The van der Waals surface area contributed by atoms with Gasteiger partial charge in [-0.2, -0.15) is 0 Å². The molecule has 0 fully saturated rings. The molecule has 0 atom stereocenters. The van der Waals surface area contributed by atoms with Crippen LogP contribution in [0.25, 0.3) is 0 Å². The van der Waals surface area contributed by atoms with Crippen LogP contribution in [0.15, 0.2) is 0 Å². The van der Waals surface area contributed by atoms with Gasteiger partial charge < -0.3 is 20.1 Å². The quantitative estimate of drug-likeness (QED) is 0.280. The van der Waals surface area contributed by atoms with Crippen molar-refractivity contribution in [2.45, 2.75) is 92.9 Å². The number of ether oxygens (including phenoxy) is 2. The first-order valence-corrected chi connectivity index (χ1v) is 10.8. The van der Waals surface area contributed by atoms with Gasteiger partial charge in [0.05, 0.1) is 10.8 Å². The summed E-state index contributed by atoms with van der Waals surface area (Å²) in [6, 6.07) is 0. The molecule has 0 heterocycles. The van der Waals surface area contributed by atoms with E-state index in [-0.39, 0.29) is 0 Å². The molecule has 8 nitrogen and oxygen atoms in total. The summed E-state index contributed by atoms with van der Waals surface area (Å²) < 4.78 is 9.43. The van der Waals surface area contributed by atoms with Gasteiger partial charge >= 0.3 is 24.1 Å². The molecule has 30 heavy (non-hydrogen) atoms. The van der Waals surface area contributed by atoms with Gasteiger partial charge in [-0.3, -0.25) is 9.59 Å². The molecule has 0 aromatic rings. The summed E-state index contributed by atoms with van der Waals surface area (Å²) in [7, 11) is 0. The van der Waals surface area contributed by atoms with Gasteiger partial charge in [0.25, 0.3) is 0 Å². The van der Waals surface area contributed by atoms with Crippen LogP contribution in [0.4, 0.5) is 9.59 Å².